The number of halogens is 4. The number of sulfonamides is 1. The van der Waals surface area contributed by atoms with Gasteiger partial charge in [0.15, 0.2) is 22.8 Å². The van der Waals surface area contributed by atoms with Crippen molar-refractivity contribution in [2.45, 2.75) is 35.4 Å². The fourth-order valence-corrected chi connectivity index (χ4v) is 7.90. The molecule has 3 aliphatic heterocycles. The molecule has 47 heavy (non-hydrogen) atoms. The highest BCUT2D eigenvalue weighted by Gasteiger charge is 2.64. The molecule has 1 fully saturated rings. The van der Waals surface area contributed by atoms with Crippen molar-refractivity contribution in [3.63, 3.8) is 0 Å². The van der Waals surface area contributed by atoms with Crippen LogP contribution in [0.25, 0.3) is 0 Å². The lowest BCUT2D eigenvalue weighted by molar-refractivity contribution is -0.275. The van der Waals surface area contributed by atoms with Gasteiger partial charge in [-0.2, -0.15) is 0 Å². The van der Waals surface area contributed by atoms with Crippen LogP contribution in [0.3, 0.4) is 0 Å². The largest absolute Gasteiger partial charge is 0.573 e. The van der Waals surface area contributed by atoms with Gasteiger partial charge in [-0.15, -0.1) is 13.2 Å². The van der Waals surface area contributed by atoms with Crippen molar-refractivity contribution in [3.05, 3.63) is 71.5 Å². The Kier molecular flexibility index (Phi) is 7.76. The number of benzene rings is 3. The van der Waals surface area contributed by atoms with E-state index in [0.29, 0.717) is 6.07 Å². The molecule has 3 aromatic carbocycles. The van der Waals surface area contributed by atoms with E-state index in [1.54, 1.807) is 0 Å². The van der Waals surface area contributed by atoms with Crippen molar-refractivity contribution in [3.8, 4) is 23.0 Å². The fourth-order valence-electron chi connectivity index (χ4n) is 6.34. The normalized spacial score (nSPS) is 22.4. The van der Waals surface area contributed by atoms with E-state index in [9.17, 15) is 31.5 Å². The Morgan fingerprint density at radius 2 is 1.83 bits per heavy atom. The number of hydrogen-bond acceptors (Lipinski definition) is 10. The number of β-amino-alcohol motifs (C(OH)–C–C–N with tert-alkyl or cyclic N) is 1. The minimum atomic E-state index is -5.34. The predicted octanol–water partition coefficient (Wildman–Crippen LogP) is 2.96. The fraction of sp³-hybridized carbons (Fsp3) is 0.333. The summed E-state index contributed by atoms with van der Waals surface area (Å²) in [6, 6.07) is 8.46. The summed E-state index contributed by atoms with van der Waals surface area (Å²) in [6.45, 7) is -0.656. The van der Waals surface area contributed by atoms with Crippen LogP contribution in [-0.4, -0.2) is 88.2 Å². The Bertz CT molecular complexity index is 1890. The number of fused-ring (bicyclic) bond motifs is 2. The molecule has 1 saturated heterocycles. The molecule has 2 amide bonds. The molecule has 0 bridgehead atoms. The van der Waals surface area contributed by atoms with Crippen molar-refractivity contribution in [1.29, 1.82) is 0 Å². The van der Waals surface area contributed by atoms with Crippen molar-refractivity contribution < 1.29 is 59.6 Å². The molecule has 3 aliphatic rings. The van der Waals surface area contributed by atoms with E-state index in [2.05, 4.69) is 4.74 Å². The molecule has 3 aromatic rings. The second-order valence-corrected chi connectivity index (χ2v) is 12.9. The molecular weight excluding hydrogens is 654 g/mol. The van der Waals surface area contributed by atoms with Crippen LogP contribution in [0, 0.1) is 5.82 Å². The Hall–Kier alpha value is -4.61. The van der Waals surface area contributed by atoms with Crippen LogP contribution in [0.1, 0.15) is 17.5 Å². The van der Waals surface area contributed by atoms with Gasteiger partial charge in [0, 0.05) is 37.8 Å². The lowest BCUT2D eigenvalue weighted by Crippen LogP contribution is -2.59. The number of methoxy groups -OCH3 is 1. The number of carbonyl (C=O) groups excluding carboxylic acids is 2. The van der Waals surface area contributed by atoms with Gasteiger partial charge >= 0.3 is 6.36 Å². The van der Waals surface area contributed by atoms with E-state index in [-0.39, 0.29) is 52.4 Å². The van der Waals surface area contributed by atoms with E-state index in [1.807, 2.05) is 0 Å². The predicted molar refractivity (Wildman–Crippen MR) is 154 cm³/mol. The zero-order chi connectivity index (χ0) is 34.1. The number of para-hydroxylation sites is 1. The van der Waals surface area contributed by atoms with Gasteiger partial charge in [-0.3, -0.25) is 14.5 Å². The number of likely N-dealkylation sites (N-methyl/N-ethyl adjacent to an activating group) is 1. The SMILES string of the molecule is COc1ccc(S(=O)(=O)N2C(=O)C(c3cccc4c3OCO4)(N3C[C@H](O)C[C@H]3C(=O)N(C)C)c3cc(F)ccc32)c(OC(F)(F)F)c1. The standard InChI is InChI=1S/C30H27F4N3O9S/c1-35(2)27(39)22-12-17(38)14-36(22)29(19-5-4-6-23-26(19)45-15-44-23)20-11-16(31)7-9-21(20)37(28(29)40)47(41,42)25-10-8-18(43-3)13-24(25)46-30(32,33)34/h4-11,13,17,22,38H,12,14-15H2,1-3H3/t17-,22+,29?/m1/s1. The molecule has 1 N–H and O–H groups in total. The molecule has 250 valence electrons. The monoisotopic (exact) mass is 681 g/mol. The third kappa shape index (κ3) is 5.08. The Labute approximate surface area is 265 Å². The molecular formula is C30H27F4N3O9S. The lowest BCUT2D eigenvalue weighted by atomic mass is 9.80. The summed E-state index contributed by atoms with van der Waals surface area (Å²) < 4.78 is 105. The number of aliphatic hydroxyl groups is 1. The third-order valence-corrected chi connectivity index (χ3v) is 9.91. The van der Waals surface area contributed by atoms with E-state index < -0.39 is 68.0 Å². The van der Waals surface area contributed by atoms with E-state index >= 15 is 9.18 Å². The van der Waals surface area contributed by atoms with E-state index in [0.717, 1.165) is 37.4 Å². The molecule has 0 radical (unpaired) electrons. The molecule has 1 unspecified atom stereocenters. The molecule has 0 aromatic heterocycles. The van der Waals surface area contributed by atoms with Gasteiger partial charge in [-0.05, 0) is 42.8 Å². The summed E-state index contributed by atoms with van der Waals surface area (Å²) in [5.41, 5.74) is -3.12. The number of carbonyl (C=O) groups is 2. The lowest BCUT2D eigenvalue weighted by Gasteiger charge is -2.41. The number of anilines is 1. The highest BCUT2D eigenvalue weighted by molar-refractivity contribution is 7.93. The van der Waals surface area contributed by atoms with Gasteiger partial charge in [0.25, 0.3) is 15.9 Å². The molecule has 3 heterocycles. The Balaban J connectivity index is 1.66. The van der Waals surface area contributed by atoms with Gasteiger partial charge in [0.2, 0.25) is 12.7 Å². The van der Waals surface area contributed by atoms with Crippen LogP contribution in [-0.2, 0) is 25.2 Å². The van der Waals surface area contributed by atoms with E-state index in [1.165, 1.54) is 42.1 Å². The summed E-state index contributed by atoms with van der Waals surface area (Å²) in [4.78, 5) is 30.1. The number of nitrogens with zero attached hydrogens (tertiary/aromatic N) is 3. The van der Waals surface area contributed by atoms with Crippen molar-refractivity contribution >= 4 is 27.5 Å². The zero-order valence-corrected chi connectivity index (χ0v) is 25.8. The summed E-state index contributed by atoms with van der Waals surface area (Å²) in [5.74, 6) is -4.00. The summed E-state index contributed by atoms with van der Waals surface area (Å²) in [5, 5.41) is 10.9. The summed E-state index contributed by atoms with van der Waals surface area (Å²) in [6.07, 6.45) is -6.72. The van der Waals surface area contributed by atoms with Crippen LogP contribution < -0.4 is 23.3 Å². The second kappa shape index (κ2) is 11.3. The highest BCUT2D eigenvalue weighted by Crippen LogP contribution is 2.56. The maximum Gasteiger partial charge on any atom is 0.573 e. The maximum atomic E-state index is 15.2. The first kappa shape index (κ1) is 32.3. The number of likely N-dealkylation sites (tertiary alicyclic amines) is 1. The Morgan fingerprint density at radius 1 is 1.09 bits per heavy atom. The number of rotatable bonds is 7. The average molecular weight is 682 g/mol. The zero-order valence-electron chi connectivity index (χ0n) is 24.9. The average Bonchev–Trinajstić information content (AvgIpc) is 3.70. The van der Waals surface area contributed by atoms with Gasteiger partial charge in [-0.25, -0.2) is 17.1 Å². The second-order valence-electron chi connectivity index (χ2n) is 11.1. The van der Waals surface area contributed by atoms with Gasteiger partial charge < -0.3 is 29.0 Å². The minimum Gasteiger partial charge on any atom is -0.497 e. The van der Waals surface area contributed by atoms with Gasteiger partial charge in [0.05, 0.1) is 24.9 Å². The number of amides is 2. The highest BCUT2D eigenvalue weighted by atomic mass is 32.2. The molecule has 0 aliphatic carbocycles. The molecule has 3 atom stereocenters. The molecule has 0 spiro atoms. The molecule has 12 nitrogen and oxygen atoms in total. The number of aliphatic hydroxyl groups excluding tert-OH is 1. The van der Waals surface area contributed by atoms with Crippen molar-refractivity contribution in [1.82, 2.24) is 9.80 Å². The maximum absolute atomic E-state index is 15.2. The topological polar surface area (TPSA) is 135 Å². The first-order valence-electron chi connectivity index (χ1n) is 14.0. The van der Waals surface area contributed by atoms with Crippen LogP contribution in [0.5, 0.6) is 23.0 Å². The first-order chi connectivity index (χ1) is 22.1. The third-order valence-electron chi connectivity index (χ3n) is 8.18. The van der Waals surface area contributed by atoms with Crippen LogP contribution in [0.2, 0.25) is 0 Å². The van der Waals surface area contributed by atoms with Crippen LogP contribution in [0.15, 0.2) is 59.5 Å². The van der Waals surface area contributed by atoms with Crippen LogP contribution >= 0.6 is 0 Å². The summed E-state index contributed by atoms with van der Waals surface area (Å²) >= 11 is 0. The smallest absolute Gasteiger partial charge is 0.497 e. The molecule has 6 rings (SSSR count). The molecule has 0 saturated carbocycles. The quantitative estimate of drug-likeness (QED) is 0.371. The number of alkyl halides is 3. The molecule has 17 heteroatoms. The van der Waals surface area contributed by atoms with Crippen LogP contribution in [0.4, 0.5) is 23.2 Å². The Morgan fingerprint density at radius 3 is 2.51 bits per heavy atom. The minimum absolute atomic E-state index is 0.0155. The van der Waals surface area contributed by atoms with Gasteiger partial charge in [0.1, 0.15) is 16.5 Å². The summed E-state index contributed by atoms with van der Waals surface area (Å²) in [7, 11) is -1.27. The first-order valence-corrected chi connectivity index (χ1v) is 15.4. The van der Waals surface area contributed by atoms with E-state index in [4.69, 9.17) is 14.2 Å². The van der Waals surface area contributed by atoms with Crippen molar-refractivity contribution in [2.24, 2.45) is 0 Å². The number of ether oxygens (including phenoxy) is 4. The van der Waals surface area contributed by atoms with Crippen molar-refractivity contribution in [2.75, 3.05) is 38.8 Å². The van der Waals surface area contributed by atoms with Gasteiger partial charge in [-0.1, -0.05) is 12.1 Å². The number of hydrogen-bond donors (Lipinski definition) is 1.